The van der Waals surface area contributed by atoms with Gasteiger partial charge in [-0.3, -0.25) is 9.59 Å². The third-order valence-corrected chi connectivity index (χ3v) is 5.27. The highest BCUT2D eigenvalue weighted by Crippen LogP contribution is 2.32. The Hall–Kier alpha value is -3.55. The zero-order valence-corrected chi connectivity index (χ0v) is 17.1. The number of esters is 1. The van der Waals surface area contributed by atoms with E-state index in [4.69, 9.17) is 15.2 Å². The number of anilines is 1. The number of benzene rings is 2. The molecule has 4 rings (SSSR count). The van der Waals surface area contributed by atoms with Crippen LogP contribution in [0, 0.1) is 0 Å². The molecular formula is C22H24N4O4. The molecule has 0 radical (unpaired) electrons. The lowest BCUT2D eigenvalue weighted by Crippen LogP contribution is -2.39. The zero-order valence-electron chi connectivity index (χ0n) is 17.1. The van der Waals surface area contributed by atoms with Gasteiger partial charge in [-0.25, -0.2) is 4.98 Å². The molecule has 0 bridgehead atoms. The van der Waals surface area contributed by atoms with Gasteiger partial charge in [0.15, 0.2) is 5.75 Å². The summed E-state index contributed by atoms with van der Waals surface area (Å²) >= 11 is 0. The van der Waals surface area contributed by atoms with Crippen LogP contribution in [0.5, 0.6) is 11.5 Å². The number of aryl methyl sites for hydroxylation is 1. The summed E-state index contributed by atoms with van der Waals surface area (Å²) in [7, 11) is 1.85. The fraction of sp³-hybridized carbons (Fsp3) is 0.318. The van der Waals surface area contributed by atoms with Crippen LogP contribution in [0.25, 0.3) is 11.0 Å². The summed E-state index contributed by atoms with van der Waals surface area (Å²) in [5, 5.41) is 0. The summed E-state index contributed by atoms with van der Waals surface area (Å²) in [6, 6.07) is 11.1. The quantitative estimate of drug-likeness (QED) is 0.630. The number of para-hydroxylation sites is 1. The van der Waals surface area contributed by atoms with Gasteiger partial charge in [0.05, 0.1) is 18.5 Å². The summed E-state index contributed by atoms with van der Waals surface area (Å²) < 4.78 is 12.8. The molecule has 1 aromatic heterocycles. The summed E-state index contributed by atoms with van der Waals surface area (Å²) in [5.74, 6) is 1.30. The van der Waals surface area contributed by atoms with Crippen LogP contribution in [0.15, 0.2) is 36.4 Å². The molecule has 0 saturated carbocycles. The van der Waals surface area contributed by atoms with Crippen molar-refractivity contribution in [3.05, 3.63) is 47.5 Å². The molecule has 0 atom stereocenters. The van der Waals surface area contributed by atoms with Crippen LogP contribution >= 0.6 is 0 Å². The highest BCUT2D eigenvalue weighted by Gasteiger charge is 2.25. The van der Waals surface area contributed by atoms with Crippen LogP contribution in [0.4, 0.5) is 5.95 Å². The van der Waals surface area contributed by atoms with Crippen molar-refractivity contribution in [2.24, 2.45) is 7.05 Å². The van der Waals surface area contributed by atoms with E-state index in [2.05, 4.69) is 4.98 Å². The number of nitrogen functional groups attached to an aromatic ring is 1. The summed E-state index contributed by atoms with van der Waals surface area (Å²) in [6.45, 7) is 3.03. The van der Waals surface area contributed by atoms with E-state index < -0.39 is 0 Å². The molecule has 8 nitrogen and oxygen atoms in total. The Bertz CT molecular complexity index is 1120. The Morgan fingerprint density at radius 2 is 2.10 bits per heavy atom. The molecule has 0 aliphatic carbocycles. The predicted molar refractivity (Wildman–Crippen MR) is 112 cm³/mol. The minimum atomic E-state index is -0.288. The minimum absolute atomic E-state index is 0.0771. The van der Waals surface area contributed by atoms with Gasteiger partial charge in [-0.2, -0.15) is 0 Å². The second-order valence-corrected chi connectivity index (χ2v) is 7.17. The van der Waals surface area contributed by atoms with E-state index in [-0.39, 0.29) is 18.3 Å². The zero-order chi connectivity index (χ0) is 21.3. The summed E-state index contributed by atoms with van der Waals surface area (Å²) in [5.41, 5.74) is 9.06. The number of nitrogens with two attached hydrogens (primary N) is 1. The third-order valence-electron chi connectivity index (χ3n) is 5.27. The third kappa shape index (κ3) is 3.68. The van der Waals surface area contributed by atoms with E-state index in [9.17, 15) is 9.59 Å². The molecule has 0 unspecified atom stereocenters. The lowest BCUT2D eigenvalue weighted by Gasteiger charge is -2.28. The topological polar surface area (TPSA) is 99.7 Å². The predicted octanol–water partition coefficient (Wildman–Crippen LogP) is 2.90. The standard InChI is InChI=1S/C22H24N4O4/c1-3-29-19(27)10-12-26-11-9-14-13-15(7-8-16(14)21(26)28)30-18-6-4-5-17-20(18)24-22(23)25(17)2/h4-8,13H,3,9-12H2,1-2H3,(H2,23,24). The molecule has 0 spiro atoms. The molecule has 156 valence electrons. The highest BCUT2D eigenvalue weighted by molar-refractivity contribution is 5.97. The summed E-state index contributed by atoms with van der Waals surface area (Å²) in [6.07, 6.45) is 0.898. The van der Waals surface area contributed by atoms with Gasteiger partial charge in [-0.1, -0.05) is 6.07 Å². The van der Waals surface area contributed by atoms with Crippen molar-refractivity contribution in [2.75, 3.05) is 25.4 Å². The van der Waals surface area contributed by atoms with Gasteiger partial charge in [0.2, 0.25) is 5.95 Å². The summed E-state index contributed by atoms with van der Waals surface area (Å²) in [4.78, 5) is 30.4. The van der Waals surface area contributed by atoms with Gasteiger partial charge in [-0.05, 0) is 49.2 Å². The number of hydrogen-bond donors (Lipinski definition) is 1. The average molecular weight is 408 g/mol. The van der Waals surface area contributed by atoms with E-state index in [1.54, 1.807) is 28.5 Å². The molecule has 2 aromatic carbocycles. The minimum Gasteiger partial charge on any atom is -0.466 e. The van der Waals surface area contributed by atoms with Crippen molar-refractivity contribution in [2.45, 2.75) is 19.8 Å². The maximum atomic E-state index is 12.8. The molecule has 2 heterocycles. The highest BCUT2D eigenvalue weighted by atomic mass is 16.5. The maximum absolute atomic E-state index is 12.8. The Morgan fingerprint density at radius 3 is 2.90 bits per heavy atom. The Morgan fingerprint density at radius 1 is 1.27 bits per heavy atom. The van der Waals surface area contributed by atoms with Gasteiger partial charge < -0.3 is 24.7 Å². The van der Waals surface area contributed by atoms with Crippen LogP contribution in [-0.2, 0) is 23.0 Å². The van der Waals surface area contributed by atoms with Crippen molar-refractivity contribution in [3.8, 4) is 11.5 Å². The molecule has 0 saturated heterocycles. The number of amides is 1. The number of imidazole rings is 1. The van der Waals surface area contributed by atoms with Gasteiger partial charge in [0, 0.05) is 25.7 Å². The second-order valence-electron chi connectivity index (χ2n) is 7.17. The number of ether oxygens (including phenoxy) is 2. The van der Waals surface area contributed by atoms with E-state index in [0.717, 1.165) is 11.1 Å². The lowest BCUT2D eigenvalue weighted by atomic mass is 9.98. The first kappa shape index (κ1) is 19.8. The molecule has 2 N–H and O–H groups in total. The van der Waals surface area contributed by atoms with Crippen molar-refractivity contribution < 1.29 is 19.1 Å². The van der Waals surface area contributed by atoms with Crippen LogP contribution in [0.2, 0.25) is 0 Å². The van der Waals surface area contributed by atoms with E-state index in [1.807, 2.05) is 31.3 Å². The van der Waals surface area contributed by atoms with E-state index >= 15 is 0 Å². The average Bonchev–Trinajstić information content (AvgIpc) is 3.03. The number of fused-ring (bicyclic) bond motifs is 2. The first-order valence-corrected chi connectivity index (χ1v) is 9.94. The van der Waals surface area contributed by atoms with Crippen molar-refractivity contribution in [1.29, 1.82) is 0 Å². The molecule has 1 amide bonds. The first-order chi connectivity index (χ1) is 14.5. The molecule has 1 aliphatic heterocycles. The van der Waals surface area contributed by atoms with Gasteiger partial charge in [0.1, 0.15) is 11.3 Å². The first-order valence-electron chi connectivity index (χ1n) is 9.94. The molecule has 30 heavy (non-hydrogen) atoms. The van der Waals surface area contributed by atoms with Gasteiger partial charge >= 0.3 is 5.97 Å². The van der Waals surface area contributed by atoms with Gasteiger partial charge in [0.25, 0.3) is 5.91 Å². The normalized spacial score (nSPS) is 13.4. The van der Waals surface area contributed by atoms with Crippen molar-refractivity contribution in [3.63, 3.8) is 0 Å². The molecule has 3 aromatic rings. The molecule has 0 fully saturated rings. The smallest absolute Gasteiger partial charge is 0.307 e. The fourth-order valence-electron chi connectivity index (χ4n) is 3.67. The monoisotopic (exact) mass is 408 g/mol. The Balaban J connectivity index is 1.51. The number of nitrogens with zero attached hydrogens (tertiary/aromatic N) is 3. The lowest BCUT2D eigenvalue weighted by molar-refractivity contribution is -0.143. The van der Waals surface area contributed by atoms with E-state index in [0.29, 0.717) is 54.6 Å². The van der Waals surface area contributed by atoms with Crippen LogP contribution in [-0.4, -0.2) is 46.0 Å². The van der Waals surface area contributed by atoms with Gasteiger partial charge in [-0.15, -0.1) is 0 Å². The molecular weight excluding hydrogens is 384 g/mol. The largest absolute Gasteiger partial charge is 0.466 e. The van der Waals surface area contributed by atoms with E-state index in [1.165, 1.54) is 0 Å². The number of carbonyl (C=O) groups is 2. The SMILES string of the molecule is CCOC(=O)CCN1CCc2cc(Oc3cccc4c3nc(N)n4C)ccc2C1=O. The maximum Gasteiger partial charge on any atom is 0.307 e. The van der Waals surface area contributed by atoms with Crippen LogP contribution < -0.4 is 10.5 Å². The fourth-order valence-corrected chi connectivity index (χ4v) is 3.67. The van der Waals surface area contributed by atoms with Crippen LogP contribution in [0.1, 0.15) is 29.3 Å². The number of hydrogen-bond acceptors (Lipinski definition) is 6. The second kappa shape index (κ2) is 8.06. The van der Waals surface area contributed by atoms with Crippen LogP contribution in [0.3, 0.4) is 0 Å². The number of carbonyl (C=O) groups excluding carboxylic acids is 2. The van der Waals surface area contributed by atoms with Crippen molar-refractivity contribution in [1.82, 2.24) is 14.5 Å². The number of rotatable bonds is 6. The van der Waals surface area contributed by atoms with Crippen molar-refractivity contribution >= 4 is 28.9 Å². The molecule has 1 aliphatic rings. The number of aromatic nitrogens is 2. The Labute approximate surface area is 174 Å². The Kier molecular flexibility index (Phi) is 5.31. The molecule has 8 heteroatoms.